The van der Waals surface area contributed by atoms with Crippen LogP contribution in [0.25, 0.3) is 0 Å². The van der Waals surface area contributed by atoms with Gasteiger partial charge in [0.15, 0.2) is 0 Å². The monoisotopic (exact) mass is 340 g/mol. The fourth-order valence-electron chi connectivity index (χ4n) is 3.11. The molecule has 1 aliphatic heterocycles. The molecule has 2 nitrogen and oxygen atoms in total. The Bertz CT molecular complexity index is 600. The zero-order chi connectivity index (χ0) is 14.8. The lowest BCUT2D eigenvalue weighted by Crippen LogP contribution is -2.23. The Kier molecular flexibility index (Phi) is 4.87. The van der Waals surface area contributed by atoms with Crippen LogP contribution in [0.15, 0.2) is 35.7 Å². The third kappa shape index (κ3) is 3.27. The largest absolute Gasteiger partial charge is 0.330 e. The highest BCUT2D eigenvalue weighted by Gasteiger charge is 2.33. The summed E-state index contributed by atoms with van der Waals surface area (Å²) in [5, 5.41) is 2.76. The number of rotatable bonds is 4. The summed E-state index contributed by atoms with van der Waals surface area (Å²) in [5.74, 6) is 1.00. The molecule has 112 valence electrons. The molecule has 0 unspecified atom stereocenters. The number of thiophene rings is 1. The maximum Gasteiger partial charge on any atom is 0.112 e. The molecule has 1 fully saturated rings. The van der Waals surface area contributed by atoms with Crippen LogP contribution in [0.2, 0.25) is 9.36 Å². The second-order valence-corrected chi connectivity index (χ2v) is 7.42. The van der Waals surface area contributed by atoms with Crippen molar-refractivity contribution in [3.05, 3.63) is 56.2 Å². The van der Waals surface area contributed by atoms with Crippen molar-refractivity contribution in [3.8, 4) is 0 Å². The first kappa shape index (κ1) is 15.3. The van der Waals surface area contributed by atoms with E-state index in [-0.39, 0.29) is 0 Å². The van der Waals surface area contributed by atoms with Gasteiger partial charge in [-0.15, -0.1) is 11.3 Å². The summed E-state index contributed by atoms with van der Waals surface area (Å²) in [4.78, 5) is 2.43. The first-order chi connectivity index (χ1) is 10.2. The van der Waals surface area contributed by atoms with Crippen LogP contribution in [-0.4, -0.2) is 24.5 Å². The van der Waals surface area contributed by atoms with Crippen LogP contribution in [0.5, 0.6) is 0 Å². The molecule has 1 aliphatic rings. The average molecular weight is 341 g/mol. The molecule has 5 heteroatoms. The van der Waals surface area contributed by atoms with Gasteiger partial charge < -0.3 is 5.73 Å². The van der Waals surface area contributed by atoms with Crippen LogP contribution in [0.3, 0.4) is 0 Å². The zero-order valence-corrected chi connectivity index (χ0v) is 14.0. The molecule has 3 rings (SSSR count). The van der Waals surface area contributed by atoms with E-state index in [1.54, 1.807) is 0 Å². The number of benzene rings is 1. The van der Waals surface area contributed by atoms with Gasteiger partial charge in [-0.2, -0.15) is 0 Å². The topological polar surface area (TPSA) is 29.3 Å². The third-order valence-electron chi connectivity index (χ3n) is 4.20. The molecule has 0 spiro atoms. The second-order valence-electron chi connectivity index (χ2n) is 5.56. The molecule has 0 saturated carbocycles. The summed E-state index contributed by atoms with van der Waals surface area (Å²) >= 11 is 13.8. The summed E-state index contributed by atoms with van der Waals surface area (Å²) in [6.45, 7) is 3.60. The van der Waals surface area contributed by atoms with Gasteiger partial charge in [-0.1, -0.05) is 53.5 Å². The lowest BCUT2D eigenvalue weighted by Gasteiger charge is -2.16. The summed E-state index contributed by atoms with van der Waals surface area (Å²) in [6.07, 6.45) is 0. The van der Waals surface area contributed by atoms with Crippen LogP contribution < -0.4 is 5.73 Å². The Labute approximate surface area is 139 Å². The van der Waals surface area contributed by atoms with Crippen molar-refractivity contribution in [2.45, 2.75) is 12.5 Å². The van der Waals surface area contributed by atoms with Crippen molar-refractivity contribution in [3.63, 3.8) is 0 Å². The molecule has 0 bridgehead atoms. The minimum Gasteiger partial charge on any atom is -0.330 e. The molecule has 1 aromatic heterocycles. The summed E-state index contributed by atoms with van der Waals surface area (Å²) in [6, 6.07) is 10.7. The van der Waals surface area contributed by atoms with Gasteiger partial charge in [0.05, 0.1) is 5.02 Å². The Morgan fingerprint density at radius 2 is 1.95 bits per heavy atom. The van der Waals surface area contributed by atoms with Gasteiger partial charge in [0, 0.05) is 25.6 Å². The Morgan fingerprint density at radius 3 is 2.57 bits per heavy atom. The molecule has 2 aromatic rings. The minimum absolute atomic E-state index is 0.500. The molecule has 0 radical (unpaired) electrons. The van der Waals surface area contributed by atoms with Gasteiger partial charge in [0.1, 0.15) is 4.34 Å². The first-order valence-corrected chi connectivity index (χ1v) is 8.71. The molecule has 1 aromatic carbocycles. The van der Waals surface area contributed by atoms with E-state index >= 15 is 0 Å². The predicted octanol–water partition coefficient (Wildman–Crippen LogP) is 4.23. The van der Waals surface area contributed by atoms with Gasteiger partial charge in [-0.3, -0.25) is 4.90 Å². The van der Waals surface area contributed by atoms with Crippen LogP contribution in [-0.2, 0) is 6.54 Å². The first-order valence-electron chi connectivity index (χ1n) is 7.07. The van der Waals surface area contributed by atoms with Gasteiger partial charge in [0.25, 0.3) is 0 Å². The number of halogens is 2. The summed E-state index contributed by atoms with van der Waals surface area (Å²) in [5.41, 5.74) is 8.48. The molecule has 1 saturated heterocycles. The predicted molar refractivity (Wildman–Crippen MR) is 91.3 cm³/mol. The summed E-state index contributed by atoms with van der Waals surface area (Å²) in [7, 11) is 0. The van der Waals surface area contributed by atoms with E-state index < -0.39 is 0 Å². The molecule has 2 heterocycles. The molecular formula is C16H18Cl2N2S. The number of likely N-dealkylation sites (tertiary alicyclic amines) is 1. The Balaban J connectivity index is 1.74. The highest BCUT2D eigenvalue weighted by atomic mass is 35.5. The van der Waals surface area contributed by atoms with Gasteiger partial charge in [-0.25, -0.2) is 0 Å². The normalized spacial score (nSPS) is 22.8. The van der Waals surface area contributed by atoms with E-state index in [1.807, 2.05) is 0 Å². The van der Waals surface area contributed by atoms with Crippen molar-refractivity contribution in [2.75, 3.05) is 19.6 Å². The highest BCUT2D eigenvalue weighted by molar-refractivity contribution is 7.15. The van der Waals surface area contributed by atoms with Crippen molar-refractivity contribution in [1.29, 1.82) is 0 Å². The number of hydrogen-bond acceptors (Lipinski definition) is 3. The zero-order valence-electron chi connectivity index (χ0n) is 11.6. The van der Waals surface area contributed by atoms with Gasteiger partial charge >= 0.3 is 0 Å². The molecule has 2 atom stereocenters. The molecular weight excluding hydrogens is 323 g/mol. The van der Waals surface area contributed by atoms with Crippen molar-refractivity contribution in [1.82, 2.24) is 4.90 Å². The third-order valence-corrected chi connectivity index (χ3v) is 6.11. The van der Waals surface area contributed by atoms with Crippen LogP contribution in [0, 0.1) is 5.92 Å². The highest BCUT2D eigenvalue weighted by Crippen LogP contribution is 2.36. The molecule has 21 heavy (non-hydrogen) atoms. The molecule has 2 N–H and O–H groups in total. The van der Waals surface area contributed by atoms with Crippen LogP contribution in [0.4, 0.5) is 0 Å². The SMILES string of the molecule is NC[C@@H]1CN(Cc2csc(Cl)c2Cl)C[C@H]1c1ccccc1. The lowest BCUT2D eigenvalue weighted by molar-refractivity contribution is 0.317. The molecule has 0 aliphatic carbocycles. The van der Waals surface area contributed by atoms with E-state index in [0.717, 1.165) is 25.2 Å². The number of hydrogen-bond donors (Lipinski definition) is 1. The quantitative estimate of drug-likeness (QED) is 0.902. The van der Waals surface area contributed by atoms with Crippen molar-refractivity contribution in [2.24, 2.45) is 11.7 Å². The standard InChI is InChI=1S/C16H18Cl2N2S/c17-15-13(10-21-16(15)18)8-20-7-12(6-19)14(9-20)11-4-2-1-3-5-11/h1-5,10,12,14H,6-9,19H2/t12-,14+/m1/s1. The Morgan fingerprint density at radius 1 is 1.19 bits per heavy atom. The number of nitrogens with two attached hydrogens (primary N) is 1. The molecule has 0 amide bonds. The maximum absolute atomic E-state index is 6.24. The average Bonchev–Trinajstić information content (AvgIpc) is 3.07. The lowest BCUT2D eigenvalue weighted by atomic mass is 9.89. The van der Waals surface area contributed by atoms with Crippen LogP contribution >= 0.6 is 34.5 Å². The fraction of sp³-hybridized carbons (Fsp3) is 0.375. The smallest absolute Gasteiger partial charge is 0.112 e. The summed E-state index contributed by atoms with van der Waals surface area (Å²) < 4.78 is 0.681. The van der Waals surface area contributed by atoms with Gasteiger partial charge in [0.2, 0.25) is 0 Å². The van der Waals surface area contributed by atoms with Crippen molar-refractivity contribution < 1.29 is 0 Å². The van der Waals surface area contributed by atoms with E-state index in [0.29, 0.717) is 27.7 Å². The van der Waals surface area contributed by atoms with Crippen molar-refractivity contribution >= 4 is 34.5 Å². The van der Waals surface area contributed by atoms with E-state index in [2.05, 4.69) is 40.6 Å². The van der Waals surface area contributed by atoms with E-state index in [9.17, 15) is 0 Å². The second kappa shape index (κ2) is 6.67. The van der Waals surface area contributed by atoms with E-state index in [1.165, 1.54) is 16.9 Å². The number of nitrogens with zero attached hydrogens (tertiary/aromatic N) is 1. The van der Waals surface area contributed by atoms with Gasteiger partial charge in [-0.05, 0) is 29.0 Å². The maximum atomic E-state index is 6.24. The van der Waals surface area contributed by atoms with E-state index in [4.69, 9.17) is 28.9 Å². The fourth-order valence-corrected chi connectivity index (χ4v) is 4.35. The minimum atomic E-state index is 0.500. The van der Waals surface area contributed by atoms with Crippen LogP contribution in [0.1, 0.15) is 17.0 Å². The Hall–Kier alpha value is -0.580.